The Bertz CT molecular complexity index is 767. The number of aryl methyl sites for hydroxylation is 2. The van der Waals surface area contributed by atoms with E-state index in [1.165, 1.54) is 4.68 Å². The Balaban J connectivity index is 1.42. The fraction of sp³-hybridized carbons (Fsp3) is 0.529. The predicted octanol–water partition coefficient (Wildman–Crippen LogP) is 1.23. The number of pyridine rings is 1. The van der Waals surface area contributed by atoms with E-state index in [0.29, 0.717) is 19.5 Å². The molecule has 8 nitrogen and oxygen atoms in total. The van der Waals surface area contributed by atoms with Crippen LogP contribution in [0.25, 0.3) is 0 Å². The van der Waals surface area contributed by atoms with Crippen molar-refractivity contribution in [3.05, 3.63) is 46.4 Å². The van der Waals surface area contributed by atoms with Gasteiger partial charge in [0.1, 0.15) is 5.82 Å². The Morgan fingerprint density at radius 1 is 1.40 bits per heavy atom. The van der Waals surface area contributed by atoms with E-state index in [1.54, 1.807) is 17.0 Å². The molecular weight excluding hydrogens is 320 g/mol. The van der Waals surface area contributed by atoms with Gasteiger partial charge < -0.3 is 10.6 Å². The smallest absolute Gasteiger partial charge is 0.338 e. The summed E-state index contributed by atoms with van der Waals surface area (Å²) in [5.74, 6) is 0.882. The molecule has 0 aliphatic carbocycles. The second-order valence-electron chi connectivity index (χ2n) is 6.29. The molecule has 0 aromatic carbocycles. The van der Waals surface area contributed by atoms with E-state index in [1.807, 2.05) is 19.1 Å². The van der Waals surface area contributed by atoms with Crippen LogP contribution in [-0.2, 0) is 19.5 Å². The molecule has 134 valence electrons. The largest absolute Gasteiger partial charge is 0.345 e. The van der Waals surface area contributed by atoms with Crippen molar-refractivity contribution in [2.75, 3.05) is 6.54 Å². The molecule has 0 saturated carbocycles. The van der Waals surface area contributed by atoms with Crippen LogP contribution in [0.15, 0.2) is 29.3 Å². The van der Waals surface area contributed by atoms with Crippen molar-refractivity contribution in [1.29, 1.82) is 0 Å². The molecule has 25 heavy (non-hydrogen) atoms. The summed E-state index contributed by atoms with van der Waals surface area (Å²) in [6, 6.07) is 3.42. The van der Waals surface area contributed by atoms with Gasteiger partial charge in [0.25, 0.3) is 0 Å². The zero-order valence-corrected chi connectivity index (χ0v) is 14.4. The maximum absolute atomic E-state index is 12.2. The molecule has 2 N–H and O–H groups in total. The third-order valence-electron chi connectivity index (χ3n) is 4.40. The molecule has 1 atom stereocenters. The topological polar surface area (TPSA) is 93.8 Å². The van der Waals surface area contributed by atoms with Crippen LogP contribution in [0, 0.1) is 0 Å². The van der Waals surface area contributed by atoms with E-state index in [9.17, 15) is 9.59 Å². The van der Waals surface area contributed by atoms with Gasteiger partial charge in [-0.15, -0.1) is 0 Å². The Hall–Kier alpha value is -2.64. The lowest BCUT2D eigenvalue weighted by Gasteiger charge is -2.14. The fourth-order valence-electron chi connectivity index (χ4n) is 2.99. The third-order valence-corrected chi connectivity index (χ3v) is 4.40. The van der Waals surface area contributed by atoms with Gasteiger partial charge in [0.05, 0.1) is 6.04 Å². The van der Waals surface area contributed by atoms with Crippen LogP contribution in [-0.4, -0.2) is 31.9 Å². The summed E-state index contributed by atoms with van der Waals surface area (Å²) >= 11 is 0. The standard InChI is InChI=1S/C17H24N6O2/c1-13(14-6-4-8-18-12-14)20-16(24)19-9-5-11-23-17(25)22-10-3-2-7-15(22)21-23/h4,6,8,12-13H,2-3,5,7,9-11H2,1H3,(H2,19,20,24). The van der Waals surface area contributed by atoms with Crippen molar-refractivity contribution in [3.8, 4) is 0 Å². The van der Waals surface area contributed by atoms with Crippen molar-refractivity contribution < 1.29 is 4.79 Å². The predicted molar refractivity (Wildman–Crippen MR) is 93.2 cm³/mol. The molecule has 0 bridgehead atoms. The number of nitrogens with zero attached hydrogens (tertiary/aromatic N) is 4. The Labute approximate surface area is 146 Å². The van der Waals surface area contributed by atoms with Gasteiger partial charge in [0, 0.05) is 38.4 Å². The van der Waals surface area contributed by atoms with Crippen molar-refractivity contribution in [2.45, 2.75) is 51.7 Å². The molecule has 2 aromatic heterocycles. The van der Waals surface area contributed by atoms with Crippen LogP contribution >= 0.6 is 0 Å². The minimum Gasteiger partial charge on any atom is -0.338 e. The number of nitrogens with one attached hydrogen (secondary N) is 2. The lowest BCUT2D eigenvalue weighted by atomic mass is 10.1. The molecule has 0 saturated heterocycles. The summed E-state index contributed by atoms with van der Waals surface area (Å²) in [6.45, 7) is 3.67. The minimum absolute atomic E-state index is 0.0376. The number of urea groups is 1. The number of hydrogen-bond acceptors (Lipinski definition) is 4. The van der Waals surface area contributed by atoms with E-state index in [0.717, 1.165) is 37.2 Å². The van der Waals surface area contributed by atoms with Gasteiger partial charge in [-0.05, 0) is 37.8 Å². The molecule has 3 rings (SSSR count). The molecule has 1 aliphatic heterocycles. The molecule has 2 amide bonds. The summed E-state index contributed by atoms with van der Waals surface area (Å²) in [5.41, 5.74) is 0.914. The number of carbonyl (C=O) groups is 1. The van der Waals surface area contributed by atoms with E-state index < -0.39 is 0 Å². The molecule has 2 aromatic rings. The van der Waals surface area contributed by atoms with Crippen LogP contribution in [0.3, 0.4) is 0 Å². The van der Waals surface area contributed by atoms with E-state index >= 15 is 0 Å². The van der Waals surface area contributed by atoms with Gasteiger partial charge in [-0.2, -0.15) is 5.10 Å². The van der Waals surface area contributed by atoms with Crippen molar-refractivity contribution >= 4 is 6.03 Å². The van der Waals surface area contributed by atoms with Crippen LogP contribution in [0.5, 0.6) is 0 Å². The number of aromatic nitrogens is 4. The van der Waals surface area contributed by atoms with Gasteiger partial charge in [-0.1, -0.05) is 6.07 Å². The van der Waals surface area contributed by atoms with Crippen LogP contribution < -0.4 is 16.3 Å². The first kappa shape index (κ1) is 17.2. The molecule has 0 fully saturated rings. The first-order chi connectivity index (χ1) is 12.1. The zero-order valence-electron chi connectivity index (χ0n) is 14.4. The van der Waals surface area contributed by atoms with Crippen molar-refractivity contribution in [1.82, 2.24) is 30.0 Å². The first-order valence-corrected chi connectivity index (χ1v) is 8.76. The highest BCUT2D eigenvalue weighted by molar-refractivity contribution is 5.74. The molecule has 0 radical (unpaired) electrons. The van der Waals surface area contributed by atoms with Crippen LogP contribution in [0.4, 0.5) is 4.79 Å². The molecule has 1 unspecified atom stereocenters. The monoisotopic (exact) mass is 344 g/mol. The number of amides is 2. The second kappa shape index (κ2) is 7.96. The van der Waals surface area contributed by atoms with Crippen molar-refractivity contribution in [3.63, 3.8) is 0 Å². The lowest BCUT2D eigenvalue weighted by Crippen LogP contribution is -2.38. The summed E-state index contributed by atoms with van der Waals surface area (Å²) in [6.07, 6.45) is 7.09. The Morgan fingerprint density at radius 2 is 2.28 bits per heavy atom. The summed E-state index contributed by atoms with van der Waals surface area (Å²) in [4.78, 5) is 28.2. The van der Waals surface area contributed by atoms with Gasteiger partial charge in [-0.3, -0.25) is 9.55 Å². The maximum atomic E-state index is 12.2. The summed E-state index contributed by atoms with van der Waals surface area (Å²) in [5, 5.41) is 10.1. The van der Waals surface area contributed by atoms with E-state index in [2.05, 4.69) is 20.7 Å². The van der Waals surface area contributed by atoms with E-state index in [-0.39, 0.29) is 17.8 Å². The number of carbonyl (C=O) groups excluding carboxylic acids is 1. The Kier molecular flexibility index (Phi) is 5.47. The average Bonchev–Trinajstić information content (AvgIpc) is 2.96. The highest BCUT2D eigenvalue weighted by Crippen LogP contribution is 2.10. The first-order valence-electron chi connectivity index (χ1n) is 8.76. The molecular formula is C17H24N6O2. The number of fused-ring (bicyclic) bond motifs is 1. The maximum Gasteiger partial charge on any atom is 0.345 e. The molecule has 1 aliphatic rings. The highest BCUT2D eigenvalue weighted by Gasteiger charge is 2.16. The quantitative estimate of drug-likeness (QED) is 0.771. The molecule has 0 spiro atoms. The van der Waals surface area contributed by atoms with Gasteiger partial charge >= 0.3 is 11.7 Å². The zero-order chi connectivity index (χ0) is 17.6. The normalized spacial score (nSPS) is 14.6. The minimum atomic E-state index is -0.229. The van der Waals surface area contributed by atoms with E-state index in [4.69, 9.17) is 0 Å². The van der Waals surface area contributed by atoms with Crippen molar-refractivity contribution in [2.24, 2.45) is 0 Å². The van der Waals surface area contributed by atoms with Gasteiger partial charge in [0.15, 0.2) is 0 Å². The van der Waals surface area contributed by atoms with Gasteiger partial charge in [0.2, 0.25) is 0 Å². The lowest BCUT2D eigenvalue weighted by molar-refractivity contribution is 0.237. The second-order valence-corrected chi connectivity index (χ2v) is 6.29. The SMILES string of the molecule is CC(NC(=O)NCCCn1nc2n(c1=O)CCCC2)c1cccnc1. The number of rotatable bonds is 6. The van der Waals surface area contributed by atoms with Gasteiger partial charge in [-0.25, -0.2) is 14.3 Å². The third kappa shape index (κ3) is 4.26. The summed E-state index contributed by atoms with van der Waals surface area (Å²) in [7, 11) is 0. The fourth-order valence-corrected chi connectivity index (χ4v) is 2.99. The van der Waals surface area contributed by atoms with Crippen LogP contribution in [0.1, 0.15) is 43.6 Å². The summed E-state index contributed by atoms with van der Waals surface area (Å²) < 4.78 is 3.28. The Morgan fingerprint density at radius 3 is 3.04 bits per heavy atom. The number of hydrogen-bond donors (Lipinski definition) is 2. The van der Waals surface area contributed by atoms with Crippen LogP contribution in [0.2, 0.25) is 0 Å². The molecule has 8 heteroatoms. The highest BCUT2D eigenvalue weighted by atomic mass is 16.2. The average molecular weight is 344 g/mol. The molecule has 3 heterocycles.